The zero-order valence-corrected chi connectivity index (χ0v) is 13.1. The highest BCUT2D eigenvalue weighted by molar-refractivity contribution is 5.17. The van der Waals surface area contributed by atoms with Crippen LogP contribution in [0, 0.1) is 5.92 Å². The summed E-state index contributed by atoms with van der Waals surface area (Å²) >= 11 is 0. The number of aromatic nitrogens is 1. The summed E-state index contributed by atoms with van der Waals surface area (Å²) in [7, 11) is 1.65. The van der Waals surface area contributed by atoms with Crippen molar-refractivity contribution in [3.8, 4) is 5.88 Å². The fourth-order valence-corrected chi connectivity index (χ4v) is 2.56. The number of nitrogens with zero attached hydrogens (tertiary/aromatic N) is 2. The van der Waals surface area contributed by atoms with Gasteiger partial charge in [-0.25, -0.2) is 4.98 Å². The lowest BCUT2D eigenvalue weighted by atomic mass is 10.1. The molecule has 2 heterocycles. The third-order valence-corrected chi connectivity index (χ3v) is 3.70. The monoisotopic (exact) mass is 277 g/mol. The third kappa shape index (κ3) is 4.76. The Balaban J connectivity index is 1.77. The van der Waals surface area contributed by atoms with Gasteiger partial charge in [-0.2, -0.15) is 0 Å². The molecule has 20 heavy (non-hydrogen) atoms. The van der Waals surface area contributed by atoms with Crippen LogP contribution in [0.2, 0.25) is 0 Å². The fourth-order valence-electron chi connectivity index (χ4n) is 2.56. The minimum atomic E-state index is 0.216. The smallest absolute Gasteiger partial charge is 0.212 e. The summed E-state index contributed by atoms with van der Waals surface area (Å²) in [6, 6.07) is 4.04. The van der Waals surface area contributed by atoms with Crippen LogP contribution in [0.4, 0.5) is 0 Å². The molecule has 0 amide bonds. The number of nitrogens with one attached hydrogen (secondary N) is 1. The van der Waals surface area contributed by atoms with E-state index in [9.17, 15) is 0 Å². The van der Waals surface area contributed by atoms with Crippen LogP contribution in [0.3, 0.4) is 0 Å². The van der Waals surface area contributed by atoms with Crippen LogP contribution in [-0.2, 0) is 6.54 Å². The van der Waals surface area contributed by atoms with E-state index < -0.39 is 0 Å². The number of pyridine rings is 1. The summed E-state index contributed by atoms with van der Waals surface area (Å²) in [6.45, 7) is 11.1. The maximum Gasteiger partial charge on any atom is 0.212 e. The highest BCUT2D eigenvalue weighted by Crippen LogP contribution is 2.19. The van der Waals surface area contributed by atoms with Gasteiger partial charge in [0.1, 0.15) is 0 Å². The van der Waals surface area contributed by atoms with Crippen molar-refractivity contribution in [2.75, 3.05) is 26.7 Å². The van der Waals surface area contributed by atoms with Gasteiger partial charge in [-0.1, -0.05) is 6.07 Å². The summed E-state index contributed by atoms with van der Waals surface area (Å²) in [5, 5.41) is 3.61. The highest BCUT2D eigenvalue weighted by Gasteiger charge is 2.23. The molecule has 0 radical (unpaired) electrons. The Bertz CT molecular complexity index is 411. The Morgan fingerprint density at radius 3 is 2.80 bits per heavy atom. The largest absolute Gasteiger partial charge is 0.481 e. The highest BCUT2D eigenvalue weighted by atomic mass is 16.5. The molecule has 1 fully saturated rings. The molecule has 1 saturated heterocycles. The van der Waals surface area contributed by atoms with Gasteiger partial charge >= 0.3 is 0 Å². The Kier molecular flexibility index (Phi) is 5.00. The molecule has 1 unspecified atom stereocenters. The van der Waals surface area contributed by atoms with Gasteiger partial charge < -0.3 is 10.1 Å². The summed E-state index contributed by atoms with van der Waals surface area (Å²) in [5.74, 6) is 1.45. The molecular weight excluding hydrogens is 250 g/mol. The first-order chi connectivity index (χ1) is 9.46. The average Bonchev–Trinajstić information content (AvgIpc) is 2.84. The number of likely N-dealkylation sites (tertiary alicyclic amines) is 1. The first-order valence-corrected chi connectivity index (χ1v) is 7.42. The van der Waals surface area contributed by atoms with Crippen molar-refractivity contribution in [2.45, 2.75) is 39.3 Å². The molecule has 4 heteroatoms. The van der Waals surface area contributed by atoms with Crippen LogP contribution < -0.4 is 10.1 Å². The lowest BCUT2D eigenvalue weighted by Gasteiger charge is -2.23. The molecule has 1 atom stereocenters. The molecule has 0 spiro atoms. The van der Waals surface area contributed by atoms with Crippen molar-refractivity contribution in [2.24, 2.45) is 5.92 Å². The standard InChI is InChI=1S/C16H27N3O/c1-16(2,3)18-10-14-7-8-19(12-14)11-13-5-6-15(20-4)17-9-13/h5-6,9,14,18H,7-8,10-12H2,1-4H3. The molecule has 112 valence electrons. The predicted octanol–water partition coefficient (Wildman–Crippen LogP) is 2.30. The van der Waals surface area contributed by atoms with Crippen molar-refractivity contribution >= 4 is 0 Å². The minimum absolute atomic E-state index is 0.216. The van der Waals surface area contributed by atoms with Gasteiger partial charge in [-0.3, -0.25) is 4.90 Å². The normalized spacial score (nSPS) is 20.3. The van der Waals surface area contributed by atoms with E-state index in [1.807, 2.05) is 12.3 Å². The maximum absolute atomic E-state index is 5.09. The third-order valence-electron chi connectivity index (χ3n) is 3.70. The van der Waals surface area contributed by atoms with Gasteiger partial charge in [0, 0.05) is 30.9 Å². The number of methoxy groups -OCH3 is 1. The molecule has 1 aliphatic heterocycles. The second kappa shape index (κ2) is 6.55. The number of ether oxygens (including phenoxy) is 1. The number of rotatable bonds is 5. The van der Waals surface area contributed by atoms with Crippen molar-refractivity contribution in [1.29, 1.82) is 0 Å². The SMILES string of the molecule is COc1ccc(CN2CCC(CNC(C)(C)C)C2)cn1. The quantitative estimate of drug-likeness (QED) is 0.896. The van der Waals surface area contributed by atoms with Crippen LogP contribution >= 0.6 is 0 Å². The first kappa shape index (κ1) is 15.3. The minimum Gasteiger partial charge on any atom is -0.481 e. The van der Waals surface area contributed by atoms with Crippen LogP contribution in [0.5, 0.6) is 5.88 Å². The Labute approximate surface area is 122 Å². The second-order valence-electron chi connectivity index (χ2n) is 6.73. The average molecular weight is 277 g/mol. The summed E-state index contributed by atoms with van der Waals surface area (Å²) < 4.78 is 5.09. The summed E-state index contributed by atoms with van der Waals surface area (Å²) in [6.07, 6.45) is 3.20. The lowest BCUT2D eigenvalue weighted by molar-refractivity contribution is 0.304. The van der Waals surface area contributed by atoms with Gasteiger partial charge in [-0.05, 0) is 51.8 Å². The Hall–Kier alpha value is -1.13. The second-order valence-corrected chi connectivity index (χ2v) is 6.73. The van der Waals surface area contributed by atoms with E-state index in [2.05, 4.69) is 42.0 Å². The van der Waals surface area contributed by atoms with E-state index in [4.69, 9.17) is 4.74 Å². The van der Waals surface area contributed by atoms with Gasteiger partial charge in [-0.15, -0.1) is 0 Å². The van der Waals surface area contributed by atoms with Crippen molar-refractivity contribution in [1.82, 2.24) is 15.2 Å². The van der Waals surface area contributed by atoms with E-state index in [-0.39, 0.29) is 5.54 Å². The molecule has 1 aromatic rings. The van der Waals surface area contributed by atoms with Crippen LogP contribution in [0.25, 0.3) is 0 Å². The molecule has 2 rings (SSSR count). The Morgan fingerprint density at radius 2 is 2.20 bits per heavy atom. The fraction of sp³-hybridized carbons (Fsp3) is 0.688. The summed E-state index contributed by atoms with van der Waals surface area (Å²) in [5.41, 5.74) is 1.48. The molecular formula is C16H27N3O. The van der Waals surface area contributed by atoms with E-state index in [0.717, 1.165) is 19.0 Å². The van der Waals surface area contributed by atoms with Crippen LogP contribution in [0.1, 0.15) is 32.8 Å². The number of hydrogen-bond acceptors (Lipinski definition) is 4. The molecule has 0 bridgehead atoms. The van der Waals surface area contributed by atoms with Gasteiger partial charge in [0.15, 0.2) is 0 Å². The maximum atomic E-state index is 5.09. The lowest BCUT2D eigenvalue weighted by Crippen LogP contribution is -2.39. The zero-order valence-electron chi connectivity index (χ0n) is 13.1. The van der Waals surface area contributed by atoms with E-state index in [1.54, 1.807) is 7.11 Å². The molecule has 0 aliphatic carbocycles. The zero-order chi connectivity index (χ0) is 14.6. The van der Waals surface area contributed by atoms with Crippen LogP contribution in [0.15, 0.2) is 18.3 Å². The van der Waals surface area contributed by atoms with Gasteiger partial charge in [0.05, 0.1) is 7.11 Å². The van der Waals surface area contributed by atoms with E-state index in [0.29, 0.717) is 5.88 Å². The van der Waals surface area contributed by atoms with Crippen molar-refractivity contribution < 1.29 is 4.74 Å². The summed E-state index contributed by atoms with van der Waals surface area (Å²) in [4.78, 5) is 6.78. The Morgan fingerprint density at radius 1 is 1.40 bits per heavy atom. The molecule has 0 saturated carbocycles. The molecule has 1 N–H and O–H groups in total. The van der Waals surface area contributed by atoms with E-state index >= 15 is 0 Å². The van der Waals surface area contributed by atoms with Crippen LogP contribution in [-0.4, -0.2) is 42.2 Å². The van der Waals surface area contributed by atoms with Crippen molar-refractivity contribution in [3.05, 3.63) is 23.9 Å². The van der Waals surface area contributed by atoms with Gasteiger partial charge in [0.2, 0.25) is 5.88 Å². The molecule has 1 aliphatic rings. The van der Waals surface area contributed by atoms with E-state index in [1.165, 1.54) is 25.1 Å². The predicted molar refractivity (Wildman–Crippen MR) is 81.9 cm³/mol. The topological polar surface area (TPSA) is 37.4 Å². The van der Waals surface area contributed by atoms with Crippen molar-refractivity contribution in [3.63, 3.8) is 0 Å². The first-order valence-electron chi connectivity index (χ1n) is 7.42. The van der Waals surface area contributed by atoms with Gasteiger partial charge in [0.25, 0.3) is 0 Å². The molecule has 0 aromatic carbocycles. The number of hydrogen-bond donors (Lipinski definition) is 1. The molecule has 4 nitrogen and oxygen atoms in total. The molecule has 1 aromatic heterocycles.